The van der Waals surface area contributed by atoms with Crippen LogP contribution in [0.4, 0.5) is 0 Å². The molecule has 4 nitrogen and oxygen atoms in total. The SMILES string of the molecule is CC1NC(C#N)=C(C#N)N1C. The van der Waals surface area contributed by atoms with Gasteiger partial charge >= 0.3 is 0 Å². The summed E-state index contributed by atoms with van der Waals surface area (Å²) in [5, 5.41) is 20.0. The Labute approximate surface area is 65.3 Å². The molecular formula is C7H8N4. The lowest BCUT2D eigenvalue weighted by molar-refractivity contribution is 0.342. The zero-order valence-corrected chi connectivity index (χ0v) is 6.42. The van der Waals surface area contributed by atoms with Crippen LogP contribution in [0.2, 0.25) is 0 Å². The number of allylic oxidation sites excluding steroid dienone is 2. The summed E-state index contributed by atoms with van der Waals surface area (Å²) in [7, 11) is 1.78. The summed E-state index contributed by atoms with van der Waals surface area (Å²) >= 11 is 0. The van der Waals surface area contributed by atoms with Gasteiger partial charge in [-0.3, -0.25) is 0 Å². The maximum absolute atomic E-state index is 8.62. The van der Waals surface area contributed by atoms with Gasteiger partial charge in [-0.15, -0.1) is 0 Å². The topological polar surface area (TPSA) is 62.9 Å². The van der Waals surface area contributed by atoms with Crippen LogP contribution in [0.3, 0.4) is 0 Å². The van der Waals surface area contributed by atoms with Crippen LogP contribution < -0.4 is 5.32 Å². The molecule has 1 aliphatic rings. The van der Waals surface area contributed by atoms with E-state index in [1.807, 2.05) is 19.1 Å². The van der Waals surface area contributed by atoms with Crippen LogP contribution in [-0.2, 0) is 0 Å². The second-order valence-corrected chi connectivity index (χ2v) is 2.38. The lowest BCUT2D eigenvalue weighted by atomic mass is 10.4. The van der Waals surface area contributed by atoms with E-state index in [4.69, 9.17) is 10.5 Å². The average Bonchev–Trinajstić information content (AvgIpc) is 2.28. The molecule has 0 aliphatic carbocycles. The quantitative estimate of drug-likeness (QED) is 0.530. The molecule has 1 unspecified atom stereocenters. The first-order chi connectivity index (χ1) is 5.20. The van der Waals surface area contributed by atoms with Crippen molar-refractivity contribution in [2.24, 2.45) is 0 Å². The minimum atomic E-state index is 0.0410. The van der Waals surface area contributed by atoms with E-state index < -0.39 is 0 Å². The third-order valence-electron chi connectivity index (χ3n) is 1.74. The molecule has 56 valence electrons. The van der Waals surface area contributed by atoms with E-state index in [0.29, 0.717) is 11.4 Å². The summed E-state index contributed by atoms with van der Waals surface area (Å²) in [5.41, 5.74) is 0.780. The minimum absolute atomic E-state index is 0.0410. The fourth-order valence-electron chi connectivity index (χ4n) is 0.964. The summed E-state index contributed by atoms with van der Waals surface area (Å²) in [5.74, 6) is 0. The Balaban J connectivity index is 3.00. The number of nitrogens with one attached hydrogen (secondary N) is 1. The van der Waals surface area contributed by atoms with Gasteiger partial charge in [-0.25, -0.2) is 0 Å². The number of rotatable bonds is 0. The summed E-state index contributed by atoms with van der Waals surface area (Å²) in [6.07, 6.45) is 0.0410. The second-order valence-electron chi connectivity index (χ2n) is 2.38. The van der Waals surface area contributed by atoms with Crippen LogP contribution in [-0.4, -0.2) is 18.1 Å². The van der Waals surface area contributed by atoms with Crippen molar-refractivity contribution in [3.05, 3.63) is 11.4 Å². The molecule has 0 fully saturated rings. The van der Waals surface area contributed by atoms with E-state index in [-0.39, 0.29) is 6.17 Å². The third kappa shape index (κ3) is 0.990. The molecule has 0 saturated heterocycles. The third-order valence-corrected chi connectivity index (χ3v) is 1.74. The number of nitrogens with zero attached hydrogens (tertiary/aromatic N) is 3. The van der Waals surface area contributed by atoms with Crippen molar-refractivity contribution < 1.29 is 0 Å². The lowest BCUT2D eigenvalue weighted by Gasteiger charge is -2.16. The molecule has 11 heavy (non-hydrogen) atoms. The normalized spacial score (nSPS) is 22.5. The maximum Gasteiger partial charge on any atom is 0.152 e. The van der Waals surface area contributed by atoms with E-state index in [1.165, 1.54) is 0 Å². The standard InChI is InChI=1S/C7H8N4/c1-5-10-6(3-8)7(4-9)11(5)2/h5,10H,1-2H3. The number of hydrogen-bond acceptors (Lipinski definition) is 4. The largest absolute Gasteiger partial charge is 0.354 e. The Morgan fingerprint density at radius 1 is 1.45 bits per heavy atom. The fraction of sp³-hybridized carbons (Fsp3) is 0.429. The van der Waals surface area contributed by atoms with Gasteiger partial charge in [0, 0.05) is 7.05 Å². The van der Waals surface area contributed by atoms with Crippen LogP contribution in [0.25, 0.3) is 0 Å². The van der Waals surface area contributed by atoms with Crippen LogP contribution >= 0.6 is 0 Å². The maximum atomic E-state index is 8.62. The first-order valence-corrected chi connectivity index (χ1v) is 3.24. The molecule has 1 heterocycles. The molecule has 1 N–H and O–H groups in total. The minimum Gasteiger partial charge on any atom is -0.354 e. The molecule has 1 aliphatic heterocycles. The smallest absolute Gasteiger partial charge is 0.152 e. The molecule has 0 aromatic heterocycles. The molecule has 0 radical (unpaired) electrons. The summed E-state index contributed by atoms with van der Waals surface area (Å²) in [6, 6.07) is 3.90. The number of hydrogen-bond donors (Lipinski definition) is 1. The molecule has 0 bridgehead atoms. The fourth-order valence-corrected chi connectivity index (χ4v) is 0.964. The molecule has 0 amide bonds. The molecule has 1 rings (SSSR count). The predicted molar refractivity (Wildman–Crippen MR) is 38.6 cm³/mol. The predicted octanol–water partition coefficient (Wildman–Crippen LogP) is 0.126. The van der Waals surface area contributed by atoms with Crippen molar-refractivity contribution in [3.63, 3.8) is 0 Å². The molecule has 0 aromatic carbocycles. The molecule has 1 atom stereocenters. The molecular weight excluding hydrogens is 140 g/mol. The van der Waals surface area contributed by atoms with Gasteiger partial charge in [-0.05, 0) is 6.92 Å². The molecule has 4 heteroatoms. The van der Waals surface area contributed by atoms with Gasteiger partial charge in [-0.2, -0.15) is 10.5 Å². The second kappa shape index (κ2) is 2.51. The summed E-state index contributed by atoms with van der Waals surface area (Å²) in [4.78, 5) is 1.73. The Kier molecular flexibility index (Phi) is 1.70. The van der Waals surface area contributed by atoms with Crippen molar-refractivity contribution in [2.45, 2.75) is 13.1 Å². The van der Waals surface area contributed by atoms with Gasteiger partial charge in [0.05, 0.1) is 6.17 Å². The average molecular weight is 148 g/mol. The Bertz CT molecular complexity index is 278. The summed E-state index contributed by atoms with van der Waals surface area (Å²) in [6.45, 7) is 1.89. The Hall–Kier alpha value is -1.68. The first-order valence-electron chi connectivity index (χ1n) is 3.24. The highest BCUT2D eigenvalue weighted by atomic mass is 15.3. The van der Waals surface area contributed by atoms with Crippen molar-refractivity contribution >= 4 is 0 Å². The Morgan fingerprint density at radius 2 is 2.09 bits per heavy atom. The van der Waals surface area contributed by atoms with Crippen molar-refractivity contribution in [1.82, 2.24) is 10.2 Å². The zero-order valence-electron chi connectivity index (χ0n) is 6.42. The zero-order chi connectivity index (χ0) is 8.43. The van der Waals surface area contributed by atoms with Crippen LogP contribution in [0.5, 0.6) is 0 Å². The lowest BCUT2D eigenvalue weighted by Crippen LogP contribution is -2.30. The van der Waals surface area contributed by atoms with Gasteiger partial charge in [0.25, 0.3) is 0 Å². The van der Waals surface area contributed by atoms with Crippen molar-refractivity contribution in [2.75, 3.05) is 7.05 Å². The van der Waals surface area contributed by atoms with Crippen LogP contribution in [0.15, 0.2) is 11.4 Å². The van der Waals surface area contributed by atoms with E-state index in [9.17, 15) is 0 Å². The van der Waals surface area contributed by atoms with E-state index >= 15 is 0 Å². The van der Waals surface area contributed by atoms with E-state index in [0.717, 1.165) is 0 Å². The van der Waals surface area contributed by atoms with Gasteiger partial charge in [0.15, 0.2) is 5.70 Å². The van der Waals surface area contributed by atoms with E-state index in [2.05, 4.69) is 5.32 Å². The van der Waals surface area contributed by atoms with Gasteiger partial charge in [0.1, 0.15) is 17.8 Å². The Morgan fingerprint density at radius 3 is 2.45 bits per heavy atom. The van der Waals surface area contributed by atoms with Crippen LogP contribution in [0, 0.1) is 22.7 Å². The van der Waals surface area contributed by atoms with Gasteiger partial charge in [-0.1, -0.05) is 0 Å². The summed E-state index contributed by atoms with van der Waals surface area (Å²) < 4.78 is 0. The van der Waals surface area contributed by atoms with Gasteiger partial charge in [0.2, 0.25) is 0 Å². The first kappa shape index (κ1) is 7.43. The highest BCUT2D eigenvalue weighted by Crippen LogP contribution is 2.15. The van der Waals surface area contributed by atoms with E-state index in [1.54, 1.807) is 11.9 Å². The molecule has 0 aromatic rings. The van der Waals surface area contributed by atoms with Crippen molar-refractivity contribution in [1.29, 1.82) is 10.5 Å². The molecule has 0 spiro atoms. The monoisotopic (exact) mass is 148 g/mol. The van der Waals surface area contributed by atoms with Gasteiger partial charge < -0.3 is 10.2 Å². The number of nitriles is 2. The van der Waals surface area contributed by atoms with Crippen LogP contribution in [0.1, 0.15) is 6.92 Å². The highest BCUT2D eigenvalue weighted by Gasteiger charge is 2.24. The van der Waals surface area contributed by atoms with Crippen molar-refractivity contribution in [3.8, 4) is 12.1 Å². The molecule has 0 saturated carbocycles. The highest BCUT2D eigenvalue weighted by molar-refractivity contribution is 5.38.